The van der Waals surface area contributed by atoms with Crippen LogP contribution in [0, 0.1) is 5.82 Å². The van der Waals surface area contributed by atoms with Crippen molar-refractivity contribution in [2.75, 3.05) is 10.5 Å². The predicted octanol–water partition coefficient (Wildman–Crippen LogP) is 4.82. The largest absolute Gasteiger partial charge is 0.506 e. The van der Waals surface area contributed by atoms with Gasteiger partial charge in [0.2, 0.25) is 0 Å². The van der Waals surface area contributed by atoms with Crippen LogP contribution >= 0.6 is 11.8 Å². The van der Waals surface area contributed by atoms with E-state index in [4.69, 9.17) is 5.11 Å². The molecule has 0 aliphatic carbocycles. The Morgan fingerprint density at radius 3 is 2.42 bits per heavy atom. The zero-order chi connectivity index (χ0) is 22.2. The molecular weight excluding hydrogens is 441 g/mol. The van der Waals surface area contributed by atoms with Crippen LogP contribution in [-0.4, -0.2) is 30.4 Å². The quantitative estimate of drug-likeness (QED) is 0.283. The Labute approximate surface area is 181 Å². The van der Waals surface area contributed by atoms with Crippen molar-refractivity contribution >= 4 is 55.0 Å². The normalized spacial score (nSPS) is 11.6. The van der Waals surface area contributed by atoms with E-state index in [9.17, 15) is 22.7 Å². The van der Waals surface area contributed by atoms with E-state index in [1.807, 2.05) is 0 Å². The van der Waals surface area contributed by atoms with Crippen molar-refractivity contribution in [1.82, 2.24) is 0 Å². The van der Waals surface area contributed by atoms with Gasteiger partial charge in [-0.25, -0.2) is 12.8 Å². The highest BCUT2D eigenvalue weighted by molar-refractivity contribution is 8.00. The van der Waals surface area contributed by atoms with E-state index in [0.717, 1.165) is 11.8 Å². The van der Waals surface area contributed by atoms with E-state index < -0.39 is 21.8 Å². The van der Waals surface area contributed by atoms with Crippen LogP contribution in [0.1, 0.15) is 0 Å². The van der Waals surface area contributed by atoms with E-state index >= 15 is 0 Å². The number of carboxylic acids is 1. The van der Waals surface area contributed by atoms with E-state index in [0.29, 0.717) is 21.5 Å². The lowest BCUT2D eigenvalue weighted by Gasteiger charge is -2.15. The molecule has 9 heteroatoms. The van der Waals surface area contributed by atoms with Gasteiger partial charge in [0.1, 0.15) is 11.6 Å². The van der Waals surface area contributed by atoms with Crippen LogP contribution in [0.2, 0.25) is 0 Å². The number of carboxylic acid groups (broad SMARTS) is 1. The lowest BCUT2D eigenvalue weighted by atomic mass is 10.1. The monoisotopic (exact) mass is 457 g/mol. The number of phenolic OH excluding ortho intramolecular Hbond substituents is 1. The van der Waals surface area contributed by atoms with Gasteiger partial charge in [-0.05, 0) is 41.1 Å². The van der Waals surface area contributed by atoms with Gasteiger partial charge in [0.25, 0.3) is 10.0 Å². The average molecular weight is 458 g/mol. The van der Waals surface area contributed by atoms with Crippen molar-refractivity contribution in [3.63, 3.8) is 0 Å². The SMILES string of the molecule is O=C(O)CSc1cc(NS(=O)(=O)c2ccc3ccc(F)cc3c2)c2ccccc2c1O. The molecule has 0 aliphatic rings. The molecule has 6 nitrogen and oxygen atoms in total. The number of hydrogen-bond donors (Lipinski definition) is 3. The Balaban J connectivity index is 1.79. The zero-order valence-corrected chi connectivity index (χ0v) is 17.5. The minimum absolute atomic E-state index is 0.0532. The Bertz CT molecular complexity index is 1440. The fourth-order valence-corrected chi connectivity index (χ4v) is 5.07. The Hall–Kier alpha value is -3.30. The third kappa shape index (κ3) is 4.28. The molecule has 0 aromatic heterocycles. The molecular formula is C22H16FNO5S2. The summed E-state index contributed by atoms with van der Waals surface area (Å²) in [6, 6.07) is 16.6. The predicted molar refractivity (Wildman–Crippen MR) is 119 cm³/mol. The fourth-order valence-electron chi connectivity index (χ4n) is 3.23. The number of nitrogens with one attached hydrogen (secondary N) is 1. The summed E-state index contributed by atoms with van der Waals surface area (Å²) in [5, 5.41) is 21.4. The number of sulfonamides is 1. The summed E-state index contributed by atoms with van der Waals surface area (Å²) in [7, 11) is -4.05. The van der Waals surface area contributed by atoms with Crippen LogP contribution in [0.3, 0.4) is 0 Å². The average Bonchev–Trinajstić information content (AvgIpc) is 2.74. The van der Waals surface area contributed by atoms with E-state index in [-0.39, 0.29) is 27.0 Å². The molecule has 0 saturated carbocycles. The molecule has 0 spiro atoms. The number of aromatic hydroxyl groups is 1. The summed E-state index contributed by atoms with van der Waals surface area (Å²) in [5.74, 6) is -1.96. The maximum atomic E-state index is 13.6. The van der Waals surface area contributed by atoms with E-state index in [2.05, 4.69) is 4.72 Å². The molecule has 0 fully saturated rings. The minimum Gasteiger partial charge on any atom is -0.506 e. The minimum atomic E-state index is -4.05. The summed E-state index contributed by atoms with van der Waals surface area (Å²) in [6.45, 7) is 0. The number of halogens is 1. The molecule has 0 atom stereocenters. The van der Waals surface area contributed by atoms with E-state index in [1.54, 1.807) is 36.4 Å². The first-order chi connectivity index (χ1) is 14.7. The van der Waals surface area contributed by atoms with Crippen molar-refractivity contribution in [3.8, 4) is 5.75 Å². The Morgan fingerprint density at radius 2 is 1.68 bits per heavy atom. The van der Waals surface area contributed by atoms with Crippen LogP contribution < -0.4 is 4.72 Å². The molecule has 4 aromatic rings. The number of thioether (sulfide) groups is 1. The maximum absolute atomic E-state index is 13.6. The van der Waals surface area contributed by atoms with Gasteiger partial charge in [-0.2, -0.15) is 0 Å². The Morgan fingerprint density at radius 1 is 0.968 bits per heavy atom. The number of rotatable bonds is 6. The van der Waals surface area contributed by atoms with Gasteiger partial charge < -0.3 is 10.2 Å². The van der Waals surface area contributed by atoms with Crippen LogP contribution in [0.15, 0.2) is 76.5 Å². The first kappa shape index (κ1) is 21.0. The van der Waals surface area contributed by atoms with Crippen molar-refractivity contribution in [2.45, 2.75) is 9.79 Å². The lowest BCUT2D eigenvalue weighted by molar-refractivity contribution is -0.133. The second-order valence-electron chi connectivity index (χ2n) is 6.76. The van der Waals surface area contributed by atoms with E-state index in [1.165, 1.54) is 30.3 Å². The van der Waals surface area contributed by atoms with Gasteiger partial charge in [0.15, 0.2) is 0 Å². The summed E-state index contributed by atoms with van der Waals surface area (Å²) in [6.07, 6.45) is 0. The van der Waals surface area contributed by atoms with Gasteiger partial charge in [-0.3, -0.25) is 9.52 Å². The Kier molecular flexibility index (Phi) is 5.47. The van der Waals surface area contributed by atoms with Crippen molar-refractivity contribution in [2.24, 2.45) is 0 Å². The second-order valence-corrected chi connectivity index (χ2v) is 9.46. The van der Waals surface area contributed by atoms with Gasteiger partial charge in [0, 0.05) is 10.8 Å². The number of anilines is 1. The molecule has 0 heterocycles. The summed E-state index contributed by atoms with van der Waals surface area (Å²) in [5.41, 5.74) is 0.195. The number of aliphatic carboxylic acids is 1. The molecule has 0 aliphatic heterocycles. The zero-order valence-electron chi connectivity index (χ0n) is 15.9. The first-order valence-corrected chi connectivity index (χ1v) is 11.5. The highest BCUT2D eigenvalue weighted by Gasteiger charge is 2.19. The number of hydrogen-bond acceptors (Lipinski definition) is 5. The second kappa shape index (κ2) is 8.09. The molecule has 4 aromatic carbocycles. The summed E-state index contributed by atoms with van der Waals surface area (Å²) in [4.78, 5) is 11.1. The smallest absolute Gasteiger partial charge is 0.313 e. The van der Waals surface area contributed by atoms with Gasteiger partial charge in [0.05, 0.1) is 21.2 Å². The molecule has 0 amide bonds. The topological polar surface area (TPSA) is 104 Å². The summed E-state index contributed by atoms with van der Waals surface area (Å²) < 4.78 is 42.2. The number of carbonyl (C=O) groups is 1. The highest BCUT2D eigenvalue weighted by atomic mass is 32.2. The highest BCUT2D eigenvalue weighted by Crippen LogP contribution is 2.40. The molecule has 0 bridgehead atoms. The molecule has 31 heavy (non-hydrogen) atoms. The third-order valence-corrected chi connectivity index (χ3v) is 7.04. The summed E-state index contributed by atoms with van der Waals surface area (Å²) >= 11 is 0.883. The van der Waals surface area contributed by atoms with Crippen LogP contribution in [-0.2, 0) is 14.8 Å². The molecule has 0 unspecified atom stereocenters. The first-order valence-electron chi connectivity index (χ1n) is 9.06. The molecule has 4 rings (SSSR count). The van der Waals surface area contributed by atoms with Crippen molar-refractivity contribution in [3.05, 3.63) is 72.5 Å². The van der Waals surface area contributed by atoms with Crippen molar-refractivity contribution < 1.29 is 27.8 Å². The van der Waals surface area contributed by atoms with Gasteiger partial charge >= 0.3 is 5.97 Å². The number of fused-ring (bicyclic) bond motifs is 2. The van der Waals surface area contributed by atoms with Crippen molar-refractivity contribution in [1.29, 1.82) is 0 Å². The number of phenols is 1. The maximum Gasteiger partial charge on any atom is 0.313 e. The molecule has 158 valence electrons. The lowest BCUT2D eigenvalue weighted by Crippen LogP contribution is -2.13. The van der Waals surface area contributed by atoms with Crippen LogP contribution in [0.25, 0.3) is 21.5 Å². The molecule has 0 saturated heterocycles. The number of benzene rings is 4. The third-order valence-electron chi connectivity index (χ3n) is 4.66. The van der Waals surface area contributed by atoms with Crippen LogP contribution in [0.5, 0.6) is 5.75 Å². The standard InChI is InChI=1S/C22H16FNO5S2/c23-15-7-5-13-6-8-16(10-14(13)9-15)31(28,29)24-19-11-20(30-12-21(25)26)22(27)18-4-2-1-3-17(18)19/h1-11,24,27H,12H2,(H,25,26). The fraction of sp³-hybridized carbons (Fsp3) is 0.0455. The molecule has 0 radical (unpaired) electrons. The molecule has 3 N–H and O–H groups in total. The van der Waals surface area contributed by atoms with Gasteiger partial charge in [-0.1, -0.05) is 36.4 Å². The van der Waals surface area contributed by atoms with Crippen LogP contribution in [0.4, 0.5) is 10.1 Å². The van der Waals surface area contributed by atoms with Gasteiger partial charge in [-0.15, -0.1) is 11.8 Å².